The highest BCUT2D eigenvalue weighted by atomic mass is 16.5. The van der Waals surface area contributed by atoms with E-state index in [0.717, 1.165) is 5.56 Å². The molecule has 140 valence electrons. The van der Waals surface area contributed by atoms with Crippen molar-refractivity contribution < 1.29 is 14.3 Å². The molecule has 0 atom stereocenters. The minimum atomic E-state index is -0.124. The summed E-state index contributed by atoms with van der Waals surface area (Å²) in [7, 11) is 1.76. The smallest absolute Gasteiger partial charge is 0.260 e. The van der Waals surface area contributed by atoms with Crippen LogP contribution < -0.4 is 15.2 Å². The Kier molecular flexibility index (Phi) is 7.04. The summed E-state index contributed by atoms with van der Waals surface area (Å²) < 4.78 is 11.6. The fourth-order valence-corrected chi connectivity index (χ4v) is 2.47. The second-order valence-corrected chi connectivity index (χ2v) is 7.13. The third-order valence-electron chi connectivity index (χ3n) is 4.08. The quantitative estimate of drug-likeness (QED) is 0.750. The lowest BCUT2D eigenvalue weighted by molar-refractivity contribution is -0.133. The summed E-state index contributed by atoms with van der Waals surface area (Å²) in [6.45, 7) is 5.57. The fourth-order valence-electron chi connectivity index (χ4n) is 2.47. The number of nitrogens with two attached hydrogens (primary N) is 1. The molecule has 5 nitrogen and oxygen atoms in total. The second-order valence-electron chi connectivity index (χ2n) is 7.13. The van der Waals surface area contributed by atoms with Crippen molar-refractivity contribution >= 4 is 5.91 Å². The average Bonchev–Trinajstić information content (AvgIpc) is 2.65. The van der Waals surface area contributed by atoms with Gasteiger partial charge in [-0.05, 0) is 29.7 Å². The highest BCUT2D eigenvalue weighted by Crippen LogP contribution is 2.27. The molecule has 2 rings (SSSR count). The molecular weight excluding hydrogens is 328 g/mol. The Bertz CT molecular complexity index is 701. The molecule has 0 saturated carbocycles. The van der Waals surface area contributed by atoms with Crippen molar-refractivity contribution in [3.05, 3.63) is 60.2 Å². The lowest BCUT2D eigenvalue weighted by Crippen LogP contribution is -2.41. The number of benzene rings is 2. The van der Waals surface area contributed by atoms with Crippen LogP contribution in [0.15, 0.2) is 54.6 Å². The van der Waals surface area contributed by atoms with Crippen molar-refractivity contribution in [3.8, 4) is 11.5 Å². The van der Waals surface area contributed by atoms with E-state index in [9.17, 15) is 4.79 Å². The molecule has 2 N–H and O–H groups in total. The van der Waals surface area contributed by atoms with Crippen LogP contribution in [0, 0.1) is 5.41 Å². The molecule has 0 spiro atoms. The minimum Gasteiger partial charge on any atom is -0.485 e. The summed E-state index contributed by atoms with van der Waals surface area (Å²) in [6.07, 6.45) is 0. The molecule has 0 aliphatic carbocycles. The normalized spacial score (nSPS) is 11.1. The molecule has 0 unspecified atom stereocenters. The van der Waals surface area contributed by atoms with E-state index in [1.807, 2.05) is 62.4 Å². The number of ether oxygens (including phenoxy) is 2. The van der Waals surface area contributed by atoms with Crippen LogP contribution >= 0.6 is 0 Å². The van der Waals surface area contributed by atoms with Gasteiger partial charge < -0.3 is 20.1 Å². The number of hydrogen-bond acceptors (Lipinski definition) is 4. The molecule has 0 radical (unpaired) electrons. The van der Waals surface area contributed by atoms with Crippen molar-refractivity contribution in [1.29, 1.82) is 0 Å². The van der Waals surface area contributed by atoms with Crippen LogP contribution in [0.3, 0.4) is 0 Å². The van der Waals surface area contributed by atoms with Gasteiger partial charge in [-0.1, -0.05) is 56.3 Å². The molecule has 2 aromatic carbocycles. The molecular formula is C21H28N2O3. The third kappa shape index (κ3) is 6.08. The number of hydrogen-bond donors (Lipinski definition) is 1. The van der Waals surface area contributed by atoms with Crippen LogP contribution in [-0.4, -0.2) is 37.6 Å². The first-order valence-corrected chi connectivity index (χ1v) is 8.74. The summed E-state index contributed by atoms with van der Waals surface area (Å²) in [4.78, 5) is 14.0. The van der Waals surface area contributed by atoms with Crippen LogP contribution in [0.1, 0.15) is 19.4 Å². The van der Waals surface area contributed by atoms with E-state index >= 15 is 0 Å². The van der Waals surface area contributed by atoms with Gasteiger partial charge in [-0.15, -0.1) is 0 Å². The summed E-state index contributed by atoms with van der Waals surface area (Å²) in [5.74, 6) is 1.08. The molecule has 5 heteroatoms. The predicted molar refractivity (Wildman–Crippen MR) is 103 cm³/mol. The molecule has 2 aromatic rings. The van der Waals surface area contributed by atoms with Gasteiger partial charge in [0.05, 0.1) is 0 Å². The molecule has 0 aromatic heterocycles. The first-order valence-electron chi connectivity index (χ1n) is 8.74. The van der Waals surface area contributed by atoms with E-state index in [0.29, 0.717) is 31.2 Å². The summed E-state index contributed by atoms with van der Waals surface area (Å²) in [5.41, 5.74) is 6.68. The van der Waals surface area contributed by atoms with E-state index in [-0.39, 0.29) is 17.9 Å². The van der Waals surface area contributed by atoms with Gasteiger partial charge >= 0.3 is 0 Å². The number of carbonyl (C=O) groups is 1. The Hall–Kier alpha value is -2.53. The van der Waals surface area contributed by atoms with Gasteiger partial charge in [0.15, 0.2) is 18.1 Å². The zero-order valence-corrected chi connectivity index (χ0v) is 15.8. The molecule has 0 saturated heterocycles. The van der Waals surface area contributed by atoms with Gasteiger partial charge in [0.2, 0.25) is 0 Å². The standard InChI is InChI=1S/C21H28N2O3/c1-21(2,15-22)16-23(3)20(24)14-26-19-12-8-7-11-18(19)25-13-17-9-5-4-6-10-17/h4-12H,13-16,22H2,1-3H3. The van der Waals surface area contributed by atoms with E-state index in [1.165, 1.54) is 0 Å². The van der Waals surface area contributed by atoms with Gasteiger partial charge in [-0.3, -0.25) is 4.79 Å². The fraction of sp³-hybridized carbons (Fsp3) is 0.381. The monoisotopic (exact) mass is 356 g/mol. The maximum absolute atomic E-state index is 12.3. The zero-order chi connectivity index (χ0) is 19.0. The van der Waals surface area contributed by atoms with Gasteiger partial charge in [0.25, 0.3) is 5.91 Å². The number of amides is 1. The van der Waals surface area contributed by atoms with Gasteiger partial charge in [-0.2, -0.15) is 0 Å². The Balaban J connectivity index is 1.92. The predicted octanol–water partition coefficient (Wildman–Crippen LogP) is 3.09. The molecule has 0 heterocycles. The summed E-state index contributed by atoms with van der Waals surface area (Å²) in [5, 5.41) is 0. The van der Waals surface area contributed by atoms with Crippen LogP contribution in [0.25, 0.3) is 0 Å². The van der Waals surface area contributed by atoms with Gasteiger partial charge in [-0.25, -0.2) is 0 Å². The van der Waals surface area contributed by atoms with Crippen molar-refractivity contribution in [3.63, 3.8) is 0 Å². The maximum atomic E-state index is 12.3. The van der Waals surface area contributed by atoms with E-state index in [2.05, 4.69) is 0 Å². The molecule has 0 aliphatic rings. The molecule has 26 heavy (non-hydrogen) atoms. The first-order chi connectivity index (χ1) is 12.4. The second kappa shape index (κ2) is 9.25. The zero-order valence-electron chi connectivity index (χ0n) is 15.8. The first kappa shape index (κ1) is 19.8. The van der Waals surface area contributed by atoms with Crippen LogP contribution in [0.5, 0.6) is 11.5 Å². The number of likely N-dealkylation sites (N-methyl/N-ethyl adjacent to an activating group) is 1. The van der Waals surface area contributed by atoms with Crippen molar-refractivity contribution in [2.24, 2.45) is 11.1 Å². The molecule has 1 amide bonds. The Morgan fingerprint density at radius 1 is 1.00 bits per heavy atom. The summed E-state index contributed by atoms with van der Waals surface area (Å²) >= 11 is 0. The van der Waals surface area contributed by atoms with Crippen molar-refractivity contribution in [1.82, 2.24) is 4.90 Å². The highest BCUT2D eigenvalue weighted by Gasteiger charge is 2.21. The maximum Gasteiger partial charge on any atom is 0.260 e. The van der Waals surface area contributed by atoms with Gasteiger partial charge in [0, 0.05) is 13.6 Å². The largest absolute Gasteiger partial charge is 0.485 e. The molecule has 0 fully saturated rings. The SMILES string of the molecule is CN(CC(C)(C)CN)C(=O)COc1ccccc1OCc1ccccc1. The van der Waals surface area contributed by atoms with Crippen LogP contribution in [-0.2, 0) is 11.4 Å². The Morgan fingerprint density at radius 3 is 2.19 bits per heavy atom. The Labute approximate surface area is 155 Å². The highest BCUT2D eigenvalue weighted by molar-refractivity contribution is 5.77. The molecule has 0 bridgehead atoms. The minimum absolute atomic E-state index is 0.0388. The Morgan fingerprint density at radius 2 is 1.58 bits per heavy atom. The van der Waals surface area contributed by atoms with Crippen molar-refractivity contribution in [2.45, 2.75) is 20.5 Å². The van der Waals surface area contributed by atoms with E-state index < -0.39 is 0 Å². The number of rotatable bonds is 9. The van der Waals surface area contributed by atoms with Crippen molar-refractivity contribution in [2.75, 3.05) is 26.7 Å². The van der Waals surface area contributed by atoms with Crippen LogP contribution in [0.2, 0.25) is 0 Å². The van der Waals surface area contributed by atoms with E-state index in [1.54, 1.807) is 18.0 Å². The number of para-hydroxylation sites is 2. The molecule has 0 aliphatic heterocycles. The van der Waals surface area contributed by atoms with Gasteiger partial charge in [0.1, 0.15) is 6.61 Å². The van der Waals surface area contributed by atoms with E-state index in [4.69, 9.17) is 15.2 Å². The number of nitrogens with zero attached hydrogens (tertiary/aromatic N) is 1. The third-order valence-corrected chi connectivity index (χ3v) is 4.08. The topological polar surface area (TPSA) is 64.8 Å². The van der Waals surface area contributed by atoms with Crippen LogP contribution in [0.4, 0.5) is 0 Å². The lowest BCUT2D eigenvalue weighted by Gasteiger charge is -2.29. The lowest BCUT2D eigenvalue weighted by atomic mass is 9.93. The average molecular weight is 356 g/mol. The number of carbonyl (C=O) groups excluding carboxylic acids is 1. The summed E-state index contributed by atoms with van der Waals surface area (Å²) in [6, 6.07) is 17.3.